The Bertz CT molecular complexity index is 591. The third-order valence-corrected chi connectivity index (χ3v) is 4.73. The zero-order chi connectivity index (χ0) is 17.6. The van der Waals surface area contributed by atoms with Gasteiger partial charge in [0, 0.05) is 32.4 Å². The lowest BCUT2D eigenvalue weighted by atomic mass is 9.96. The molecule has 0 aliphatic carbocycles. The Kier molecular flexibility index (Phi) is 5.86. The number of nitrogens with zero attached hydrogens (tertiary/aromatic N) is 3. The fourth-order valence-electron chi connectivity index (χ4n) is 3.25. The summed E-state index contributed by atoms with van der Waals surface area (Å²) in [6, 6.07) is 3.72. The number of amides is 1. The van der Waals surface area contributed by atoms with Crippen molar-refractivity contribution in [3.05, 3.63) is 23.9 Å². The maximum atomic E-state index is 12.6. The lowest BCUT2D eigenvalue weighted by Gasteiger charge is -2.31. The van der Waals surface area contributed by atoms with Crippen LogP contribution in [0.15, 0.2) is 18.3 Å². The molecule has 1 aromatic heterocycles. The number of hydrogen-bond acceptors (Lipinski definition) is 6. The highest BCUT2D eigenvalue weighted by Gasteiger charge is 2.28. The molecular formula is C18H25N3O4. The van der Waals surface area contributed by atoms with E-state index in [0.717, 1.165) is 18.9 Å². The van der Waals surface area contributed by atoms with Crippen LogP contribution in [-0.2, 0) is 14.3 Å². The van der Waals surface area contributed by atoms with Crippen LogP contribution >= 0.6 is 0 Å². The van der Waals surface area contributed by atoms with Gasteiger partial charge in [-0.15, -0.1) is 0 Å². The molecule has 2 aliphatic rings. The molecule has 3 rings (SSSR count). The van der Waals surface area contributed by atoms with E-state index in [1.807, 2.05) is 19.1 Å². The molecule has 2 fully saturated rings. The number of carbonyl (C=O) groups excluding carboxylic acids is 2. The predicted molar refractivity (Wildman–Crippen MR) is 92.5 cm³/mol. The van der Waals surface area contributed by atoms with E-state index in [1.165, 1.54) is 0 Å². The minimum absolute atomic E-state index is 0.0247. The first-order valence-corrected chi connectivity index (χ1v) is 8.93. The van der Waals surface area contributed by atoms with Gasteiger partial charge in [-0.25, -0.2) is 4.98 Å². The van der Waals surface area contributed by atoms with E-state index >= 15 is 0 Å². The summed E-state index contributed by atoms with van der Waals surface area (Å²) in [5, 5.41) is 0. The van der Waals surface area contributed by atoms with Gasteiger partial charge >= 0.3 is 5.97 Å². The molecule has 7 heteroatoms. The number of morpholine rings is 1. The molecule has 0 saturated carbocycles. The molecular weight excluding hydrogens is 322 g/mol. The summed E-state index contributed by atoms with van der Waals surface area (Å²) in [5.74, 6) is 0.612. The van der Waals surface area contributed by atoms with Crippen molar-refractivity contribution in [1.82, 2.24) is 9.88 Å². The van der Waals surface area contributed by atoms with E-state index < -0.39 is 0 Å². The third kappa shape index (κ3) is 4.28. The molecule has 2 aliphatic heterocycles. The van der Waals surface area contributed by atoms with Crippen LogP contribution in [0.25, 0.3) is 0 Å². The summed E-state index contributed by atoms with van der Waals surface area (Å²) >= 11 is 0. The van der Waals surface area contributed by atoms with Crippen LogP contribution < -0.4 is 4.90 Å². The van der Waals surface area contributed by atoms with Crippen LogP contribution in [-0.4, -0.2) is 67.8 Å². The van der Waals surface area contributed by atoms with Gasteiger partial charge in [0.2, 0.25) is 0 Å². The molecule has 2 saturated heterocycles. The number of hydrogen-bond donors (Lipinski definition) is 0. The van der Waals surface area contributed by atoms with E-state index in [4.69, 9.17) is 9.47 Å². The van der Waals surface area contributed by atoms with Gasteiger partial charge in [0.05, 0.1) is 31.3 Å². The van der Waals surface area contributed by atoms with E-state index in [2.05, 4.69) is 9.88 Å². The van der Waals surface area contributed by atoms with Crippen molar-refractivity contribution in [2.75, 3.05) is 50.9 Å². The summed E-state index contributed by atoms with van der Waals surface area (Å²) in [6.45, 7) is 6.42. The Labute approximate surface area is 147 Å². The smallest absolute Gasteiger partial charge is 0.309 e. The first kappa shape index (κ1) is 17.7. The van der Waals surface area contributed by atoms with Crippen LogP contribution in [0.3, 0.4) is 0 Å². The summed E-state index contributed by atoms with van der Waals surface area (Å²) in [4.78, 5) is 32.8. The van der Waals surface area contributed by atoms with Crippen LogP contribution in [0.2, 0.25) is 0 Å². The molecule has 0 unspecified atom stereocenters. The first-order valence-electron chi connectivity index (χ1n) is 8.93. The molecule has 0 bridgehead atoms. The Hall–Kier alpha value is -2.15. The zero-order valence-electron chi connectivity index (χ0n) is 14.6. The van der Waals surface area contributed by atoms with Crippen LogP contribution in [0.5, 0.6) is 0 Å². The van der Waals surface area contributed by atoms with Crippen molar-refractivity contribution in [2.24, 2.45) is 5.92 Å². The van der Waals surface area contributed by atoms with Crippen molar-refractivity contribution >= 4 is 17.7 Å². The Morgan fingerprint density at radius 2 is 1.92 bits per heavy atom. The standard InChI is InChI=1S/C18H25N3O4/c1-2-25-18(23)14-5-7-21(8-6-14)17(22)15-3-4-16(19-13-15)20-9-11-24-12-10-20/h3-4,13-14H,2,5-12H2,1H3. The molecule has 0 N–H and O–H groups in total. The van der Waals surface area contributed by atoms with Crippen molar-refractivity contribution in [3.63, 3.8) is 0 Å². The maximum Gasteiger partial charge on any atom is 0.309 e. The second-order valence-corrected chi connectivity index (χ2v) is 6.32. The van der Waals surface area contributed by atoms with Crippen LogP contribution in [0.1, 0.15) is 30.1 Å². The number of piperidine rings is 1. The fraction of sp³-hybridized carbons (Fsp3) is 0.611. The van der Waals surface area contributed by atoms with Crippen molar-refractivity contribution in [1.29, 1.82) is 0 Å². The van der Waals surface area contributed by atoms with Gasteiger partial charge in [-0.2, -0.15) is 0 Å². The monoisotopic (exact) mass is 347 g/mol. The SMILES string of the molecule is CCOC(=O)C1CCN(C(=O)c2ccc(N3CCOCC3)nc2)CC1. The van der Waals surface area contributed by atoms with Gasteiger partial charge in [-0.05, 0) is 31.9 Å². The van der Waals surface area contributed by atoms with E-state index in [0.29, 0.717) is 51.3 Å². The molecule has 1 aromatic rings. The highest BCUT2D eigenvalue weighted by molar-refractivity contribution is 5.94. The molecule has 0 radical (unpaired) electrons. The average molecular weight is 347 g/mol. The average Bonchev–Trinajstić information content (AvgIpc) is 2.68. The quantitative estimate of drug-likeness (QED) is 0.765. The summed E-state index contributed by atoms with van der Waals surface area (Å²) in [7, 11) is 0. The van der Waals surface area contributed by atoms with E-state index in [9.17, 15) is 9.59 Å². The molecule has 0 aromatic carbocycles. The molecule has 1 amide bonds. The van der Waals surface area contributed by atoms with Gasteiger partial charge in [0.15, 0.2) is 0 Å². The van der Waals surface area contributed by atoms with Crippen LogP contribution in [0, 0.1) is 5.92 Å². The number of ether oxygens (including phenoxy) is 2. The third-order valence-electron chi connectivity index (χ3n) is 4.73. The van der Waals surface area contributed by atoms with E-state index in [-0.39, 0.29) is 17.8 Å². The second-order valence-electron chi connectivity index (χ2n) is 6.32. The molecule has 25 heavy (non-hydrogen) atoms. The molecule has 0 spiro atoms. The molecule has 3 heterocycles. The van der Waals surface area contributed by atoms with Gasteiger partial charge in [0.25, 0.3) is 5.91 Å². The number of aromatic nitrogens is 1. The highest BCUT2D eigenvalue weighted by atomic mass is 16.5. The van der Waals surface area contributed by atoms with Crippen molar-refractivity contribution in [2.45, 2.75) is 19.8 Å². The second kappa shape index (κ2) is 8.29. The Balaban J connectivity index is 1.55. The summed E-state index contributed by atoms with van der Waals surface area (Å²) < 4.78 is 10.4. The van der Waals surface area contributed by atoms with Gasteiger partial charge in [-0.3, -0.25) is 9.59 Å². The Morgan fingerprint density at radius 1 is 1.20 bits per heavy atom. The number of carbonyl (C=O) groups is 2. The molecule has 7 nitrogen and oxygen atoms in total. The predicted octanol–water partition coefficient (Wildman–Crippen LogP) is 1.33. The van der Waals surface area contributed by atoms with Gasteiger partial charge in [0.1, 0.15) is 5.82 Å². The lowest BCUT2D eigenvalue weighted by Crippen LogP contribution is -2.40. The lowest BCUT2D eigenvalue weighted by molar-refractivity contribution is -0.149. The molecule has 0 atom stereocenters. The van der Waals surface area contributed by atoms with Crippen LogP contribution in [0.4, 0.5) is 5.82 Å². The topological polar surface area (TPSA) is 72.0 Å². The van der Waals surface area contributed by atoms with Gasteiger partial charge < -0.3 is 19.3 Å². The minimum Gasteiger partial charge on any atom is -0.466 e. The van der Waals surface area contributed by atoms with Gasteiger partial charge in [-0.1, -0.05) is 0 Å². The first-order chi connectivity index (χ1) is 12.2. The highest BCUT2D eigenvalue weighted by Crippen LogP contribution is 2.21. The number of pyridine rings is 1. The normalized spacial score (nSPS) is 18.9. The zero-order valence-corrected chi connectivity index (χ0v) is 14.6. The maximum absolute atomic E-state index is 12.6. The number of rotatable bonds is 4. The van der Waals surface area contributed by atoms with E-state index in [1.54, 1.807) is 11.1 Å². The summed E-state index contributed by atoms with van der Waals surface area (Å²) in [6.07, 6.45) is 2.96. The number of esters is 1. The fourth-order valence-corrected chi connectivity index (χ4v) is 3.25. The van der Waals surface area contributed by atoms with Crippen molar-refractivity contribution < 1.29 is 19.1 Å². The Morgan fingerprint density at radius 3 is 2.52 bits per heavy atom. The number of anilines is 1. The van der Waals surface area contributed by atoms with Crippen molar-refractivity contribution in [3.8, 4) is 0 Å². The molecule has 136 valence electrons. The number of likely N-dealkylation sites (tertiary alicyclic amines) is 1. The largest absolute Gasteiger partial charge is 0.466 e. The minimum atomic E-state index is -0.147. The summed E-state index contributed by atoms with van der Waals surface area (Å²) in [5.41, 5.74) is 0.589.